The van der Waals surface area contributed by atoms with Crippen LogP contribution in [0.25, 0.3) is 0 Å². The molecule has 1 amide bonds. The fourth-order valence-corrected chi connectivity index (χ4v) is 4.29. The molecule has 6 heteroatoms. The Morgan fingerprint density at radius 1 is 1.17 bits per heavy atom. The number of morpholine rings is 1. The van der Waals surface area contributed by atoms with E-state index >= 15 is 0 Å². The summed E-state index contributed by atoms with van der Waals surface area (Å²) in [7, 11) is 2.13. The van der Waals surface area contributed by atoms with Crippen LogP contribution in [0.3, 0.4) is 0 Å². The summed E-state index contributed by atoms with van der Waals surface area (Å²) in [4.78, 5) is 17.2. The minimum Gasteiger partial charge on any atom is -0.379 e. The monoisotopic (exact) mass is 397 g/mol. The third-order valence-electron chi connectivity index (χ3n) is 5.90. The number of nitrogens with zero attached hydrogens (tertiary/aromatic N) is 2. The van der Waals surface area contributed by atoms with Crippen LogP contribution in [0.4, 0.5) is 10.1 Å². The SMILES string of the molecule is CN1CCCc2cc([C@H](CNC(=O)c3ccccc3F)N3CCOCC3)ccc21. The lowest BCUT2D eigenvalue weighted by molar-refractivity contribution is 0.0162. The van der Waals surface area contributed by atoms with E-state index in [1.807, 2.05) is 0 Å². The summed E-state index contributed by atoms with van der Waals surface area (Å²) >= 11 is 0. The van der Waals surface area contributed by atoms with Gasteiger partial charge in [0.15, 0.2) is 0 Å². The van der Waals surface area contributed by atoms with Crippen LogP contribution in [-0.2, 0) is 11.2 Å². The second-order valence-electron chi connectivity index (χ2n) is 7.77. The van der Waals surface area contributed by atoms with Crippen LogP contribution in [0.5, 0.6) is 0 Å². The first-order valence-corrected chi connectivity index (χ1v) is 10.3. The number of hydrogen-bond donors (Lipinski definition) is 1. The first-order chi connectivity index (χ1) is 14.1. The number of rotatable bonds is 5. The van der Waals surface area contributed by atoms with Crippen LogP contribution in [-0.4, -0.2) is 57.2 Å². The van der Waals surface area contributed by atoms with Gasteiger partial charge in [0.25, 0.3) is 5.91 Å². The van der Waals surface area contributed by atoms with Gasteiger partial charge in [0.05, 0.1) is 24.8 Å². The van der Waals surface area contributed by atoms with Gasteiger partial charge in [-0.1, -0.05) is 24.3 Å². The van der Waals surface area contributed by atoms with Crippen LogP contribution < -0.4 is 10.2 Å². The Kier molecular flexibility index (Phi) is 6.11. The summed E-state index contributed by atoms with van der Waals surface area (Å²) in [5.74, 6) is -0.871. The zero-order valence-electron chi connectivity index (χ0n) is 16.9. The Balaban J connectivity index is 1.55. The van der Waals surface area contributed by atoms with Crippen molar-refractivity contribution in [2.75, 3.05) is 51.3 Å². The van der Waals surface area contributed by atoms with E-state index in [-0.39, 0.29) is 17.5 Å². The Hall–Kier alpha value is -2.44. The first kappa shape index (κ1) is 19.9. The Labute approximate surface area is 171 Å². The van der Waals surface area contributed by atoms with Crippen molar-refractivity contribution in [3.63, 3.8) is 0 Å². The van der Waals surface area contributed by atoms with Gasteiger partial charge in [-0.2, -0.15) is 0 Å². The van der Waals surface area contributed by atoms with Crippen molar-refractivity contribution >= 4 is 11.6 Å². The molecule has 4 rings (SSSR count). The predicted molar refractivity (Wildman–Crippen MR) is 112 cm³/mol. The molecule has 2 heterocycles. The number of fused-ring (bicyclic) bond motifs is 1. The number of aryl methyl sites for hydroxylation is 1. The standard InChI is InChI=1S/C23H28FN3O2/c1-26-10-4-5-17-15-18(8-9-21(17)26)22(27-11-13-29-14-12-27)16-25-23(28)19-6-2-3-7-20(19)24/h2-3,6-9,15,22H,4-5,10-14,16H2,1H3,(H,25,28)/t22-/m0/s1. The lowest BCUT2D eigenvalue weighted by Gasteiger charge is -2.36. The van der Waals surface area contributed by atoms with Gasteiger partial charge in [-0.25, -0.2) is 4.39 Å². The van der Waals surface area contributed by atoms with Gasteiger partial charge in [0, 0.05) is 38.9 Å². The Bertz CT molecular complexity index is 867. The summed E-state index contributed by atoms with van der Waals surface area (Å²) in [5, 5.41) is 2.95. The van der Waals surface area contributed by atoms with E-state index in [0.717, 1.165) is 32.5 Å². The number of carbonyl (C=O) groups excluding carboxylic acids is 1. The number of amides is 1. The molecule has 29 heavy (non-hydrogen) atoms. The third kappa shape index (κ3) is 4.43. The zero-order valence-corrected chi connectivity index (χ0v) is 16.9. The second-order valence-corrected chi connectivity index (χ2v) is 7.77. The molecule has 0 bridgehead atoms. The number of benzene rings is 2. The molecule has 2 aromatic rings. The highest BCUT2D eigenvalue weighted by atomic mass is 19.1. The lowest BCUT2D eigenvalue weighted by Crippen LogP contribution is -2.44. The van der Waals surface area contributed by atoms with Crippen LogP contribution in [0.1, 0.15) is 33.9 Å². The number of halogens is 1. The van der Waals surface area contributed by atoms with Gasteiger partial charge >= 0.3 is 0 Å². The zero-order chi connectivity index (χ0) is 20.2. The second kappa shape index (κ2) is 8.93. The fourth-order valence-electron chi connectivity index (χ4n) is 4.29. The molecular weight excluding hydrogens is 369 g/mol. The van der Waals surface area contributed by atoms with Gasteiger partial charge in [-0.05, 0) is 42.2 Å². The Morgan fingerprint density at radius 3 is 2.76 bits per heavy atom. The molecule has 0 spiro atoms. The third-order valence-corrected chi connectivity index (χ3v) is 5.90. The minimum absolute atomic E-state index is 0.0344. The van der Waals surface area contributed by atoms with E-state index in [0.29, 0.717) is 19.8 Å². The molecule has 2 aromatic carbocycles. The van der Waals surface area contributed by atoms with Crippen LogP contribution in [0.15, 0.2) is 42.5 Å². The van der Waals surface area contributed by atoms with Crippen LogP contribution in [0.2, 0.25) is 0 Å². The first-order valence-electron chi connectivity index (χ1n) is 10.3. The number of nitrogens with one attached hydrogen (secondary N) is 1. The highest BCUT2D eigenvalue weighted by molar-refractivity contribution is 5.94. The predicted octanol–water partition coefficient (Wildman–Crippen LogP) is 3.01. The lowest BCUT2D eigenvalue weighted by atomic mass is 9.95. The average molecular weight is 397 g/mol. The van der Waals surface area contributed by atoms with E-state index in [1.165, 1.54) is 28.9 Å². The molecule has 0 aromatic heterocycles. The summed E-state index contributed by atoms with van der Waals surface area (Å²) in [6, 6.07) is 12.8. The summed E-state index contributed by atoms with van der Waals surface area (Å²) in [5.41, 5.74) is 3.92. The largest absolute Gasteiger partial charge is 0.379 e. The molecule has 1 atom stereocenters. The molecule has 5 nitrogen and oxygen atoms in total. The molecule has 1 fully saturated rings. The quantitative estimate of drug-likeness (QED) is 0.843. The van der Waals surface area contributed by atoms with Crippen molar-refractivity contribution in [3.05, 3.63) is 65.0 Å². The molecule has 0 unspecified atom stereocenters. The van der Waals surface area contributed by atoms with E-state index in [2.05, 4.69) is 40.4 Å². The Morgan fingerprint density at radius 2 is 1.97 bits per heavy atom. The maximum absolute atomic E-state index is 14.0. The van der Waals surface area contributed by atoms with Crippen molar-refractivity contribution in [1.29, 1.82) is 0 Å². The van der Waals surface area contributed by atoms with Crippen molar-refractivity contribution < 1.29 is 13.9 Å². The summed E-state index contributed by atoms with van der Waals surface area (Å²) in [6.45, 7) is 4.52. The van der Waals surface area contributed by atoms with Gasteiger partial charge in [-0.15, -0.1) is 0 Å². The summed E-state index contributed by atoms with van der Waals surface area (Å²) in [6.07, 6.45) is 2.23. The smallest absolute Gasteiger partial charge is 0.254 e. The number of anilines is 1. The molecule has 154 valence electrons. The molecule has 2 aliphatic rings. The highest BCUT2D eigenvalue weighted by Crippen LogP contribution is 2.31. The molecular formula is C23H28FN3O2. The molecule has 1 saturated heterocycles. The summed E-state index contributed by atoms with van der Waals surface area (Å²) < 4.78 is 19.5. The maximum Gasteiger partial charge on any atom is 0.254 e. The van der Waals surface area contributed by atoms with Crippen molar-refractivity contribution in [3.8, 4) is 0 Å². The van der Waals surface area contributed by atoms with Crippen molar-refractivity contribution in [2.45, 2.75) is 18.9 Å². The van der Waals surface area contributed by atoms with Crippen LogP contribution >= 0.6 is 0 Å². The molecule has 0 saturated carbocycles. The molecule has 2 aliphatic heterocycles. The van der Waals surface area contributed by atoms with Crippen molar-refractivity contribution in [2.24, 2.45) is 0 Å². The van der Waals surface area contributed by atoms with E-state index in [1.54, 1.807) is 12.1 Å². The normalized spacial score (nSPS) is 18.2. The van der Waals surface area contributed by atoms with E-state index < -0.39 is 5.82 Å². The molecule has 1 N–H and O–H groups in total. The maximum atomic E-state index is 14.0. The minimum atomic E-state index is -0.496. The average Bonchev–Trinajstić information content (AvgIpc) is 2.75. The molecule has 0 aliphatic carbocycles. The topological polar surface area (TPSA) is 44.8 Å². The van der Waals surface area contributed by atoms with Crippen LogP contribution in [0, 0.1) is 5.82 Å². The van der Waals surface area contributed by atoms with Crippen molar-refractivity contribution in [1.82, 2.24) is 10.2 Å². The van der Waals surface area contributed by atoms with Gasteiger partial charge < -0.3 is 15.0 Å². The highest BCUT2D eigenvalue weighted by Gasteiger charge is 2.25. The van der Waals surface area contributed by atoms with Gasteiger partial charge in [0.2, 0.25) is 0 Å². The number of ether oxygens (including phenoxy) is 1. The van der Waals surface area contributed by atoms with E-state index in [4.69, 9.17) is 4.74 Å². The van der Waals surface area contributed by atoms with Gasteiger partial charge in [-0.3, -0.25) is 9.69 Å². The number of carbonyl (C=O) groups is 1. The fraction of sp³-hybridized carbons (Fsp3) is 0.435. The molecule has 0 radical (unpaired) electrons. The number of hydrogen-bond acceptors (Lipinski definition) is 4. The van der Waals surface area contributed by atoms with E-state index in [9.17, 15) is 9.18 Å². The van der Waals surface area contributed by atoms with Gasteiger partial charge in [0.1, 0.15) is 5.82 Å².